The first-order valence-electron chi connectivity index (χ1n) is 8.02. The van der Waals surface area contributed by atoms with Crippen molar-refractivity contribution in [1.29, 1.82) is 0 Å². The Bertz CT molecular complexity index is 936. The van der Waals surface area contributed by atoms with Crippen molar-refractivity contribution in [1.82, 2.24) is 15.0 Å². The van der Waals surface area contributed by atoms with Crippen molar-refractivity contribution in [2.45, 2.75) is 38.9 Å². The largest absolute Gasteiger partial charge is 0.459 e. The Kier molecular flexibility index (Phi) is 4.47. The molecule has 9 heteroatoms. The second-order valence-corrected chi connectivity index (χ2v) is 6.31. The molecule has 0 amide bonds. The number of nitrogens with one attached hydrogen (secondary N) is 1. The first kappa shape index (κ1) is 18.0. The highest BCUT2D eigenvalue weighted by atomic mass is 19.4. The second-order valence-electron chi connectivity index (χ2n) is 6.31. The van der Waals surface area contributed by atoms with E-state index in [0.717, 1.165) is 10.9 Å². The van der Waals surface area contributed by atoms with Gasteiger partial charge in [0.1, 0.15) is 11.3 Å². The SMILES string of the molecule is CC(C)c1ccc2cc(C(C)Nc3nc(N)nc(C(F)(F)F)n3)oc2c1. The molecule has 3 aromatic rings. The molecule has 1 unspecified atom stereocenters. The Morgan fingerprint density at radius 3 is 2.46 bits per heavy atom. The summed E-state index contributed by atoms with van der Waals surface area (Å²) < 4.78 is 44.2. The van der Waals surface area contributed by atoms with Gasteiger partial charge in [0, 0.05) is 5.39 Å². The third kappa shape index (κ3) is 3.71. The second kappa shape index (κ2) is 6.47. The Labute approximate surface area is 147 Å². The van der Waals surface area contributed by atoms with Crippen LogP contribution in [0, 0.1) is 0 Å². The lowest BCUT2D eigenvalue weighted by Gasteiger charge is -2.13. The van der Waals surface area contributed by atoms with Gasteiger partial charge in [0.15, 0.2) is 0 Å². The number of fused-ring (bicyclic) bond motifs is 1. The molecule has 3 rings (SSSR count). The Hall–Kier alpha value is -2.84. The maximum absolute atomic E-state index is 12.8. The van der Waals surface area contributed by atoms with Crippen molar-refractivity contribution in [3.05, 3.63) is 41.4 Å². The molecular weight excluding hydrogens is 347 g/mol. The topological polar surface area (TPSA) is 89.9 Å². The van der Waals surface area contributed by atoms with E-state index in [4.69, 9.17) is 10.2 Å². The molecule has 0 radical (unpaired) electrons. The molecule has 26 heavy (non-hydrogen) atoms. The molecule has 2 heterocycles. The molecule has 1 aromatic carbocycles. The van der Waals surface area contributed by atoms with Crippen LogP contribution in [0.4, 0.5) is 25.1 Å². The van der Waals surface area contributed by atoms with E-state index >= 15 is 0 Å². The summed E-state index contributed by atoms with van der Waals surface area (Å²) >= 11 is 0. The van der Waals surface area contributed by atoms with Crippen LogP contribution in [0.1, 0.15) is 49.9 Å². The molecule has 0 aliphatic carbocycles. The van der Waals surface area contributed by atoms with Crippen molar-refractivity contribution >= 4 is 22.9 Å². The predicted octanol–water partition coefficient (Wildman–Crippen LogP) is 4.52. The third-order valence-electron chi connectivity index (χ3n) is 3.91. The van der Waals surface area contributed by atoms with Crippen LogP contribution in [0.5, 0.6) is 0 Å². The monoisotopic (exact) mass is 365 g/mol. The van der Waals surface area contributed by atoms with Crippen molar-refractivity contribution < 1.29 is 17.6 Å². The molecule has 0 aliphatic rings. The van der Waals surface area contributed by atoms with Gasteiger partial charge in [-0.1, -0.05) is 26.0 Å². The lowest BCUT2D eigenvalue weighted by Crippen LogP contribution is -2.17. The van der Waals surface area contributed by atoms with Crippen molar-refractivity contribution in [3.63, 3.8) is 0 Å². The number of rotatable bonds is 4. The molecule has 3 N–H and O–H groups in total. The van der Waals surface area contributed by atoms with Gasteiger partial charge in [-0.3, -0.25) is 0 Å². The van der Waals surface area contributed by atoms with Gasteiger partial charge < -0.3 is 15.5 Å². The average Bonchev–Trinajstić information content (AvgIpc) is 2.96. The predicted molar refractivity (Wildman–Crippen MR) is 91.6 cm³/mol. The summed E-state index contributed by atoms with van der Waals surface area (Å²) in [5, 5.41) is 3.68. The first-order valence-corrected chi connectivity index (χ1v) is 8.02. The van der Waals surface area contributed by atoms with Gasteiger partial charge >= 0.3 is 6.18 Å². The number of nitrogen functional groups attached to an aromatic ring is 1. The van der Waals surface area contributed by atoms with Gasteiger partial charge in [0.2, 0.25) is 17.7 Å². The molecule has 6 nitrogen and oxygen atoms in total. The summed E-state index contributed by atoms with van der Waals surface area (Å²) in [7, 11) is 0. The molecule has 0 saturated heterocycles. The van der Waals surface area contributed by atoms with E-state index < -0.39 is 24.0 Å². The number of hydrogen-bond donors (Lipinski definition) is 2. The van der Waals surface area contributed by atoms with Gasteiger partial charge in [-0.15, -0.1) is 0 Å². The van der Waals surface area contributed by atoms with Crippen LogP contribution >= 0.6 is 0 Å². The maximum Gasteiger partial charge on any atom is 0.451 e. The fourth-order valence-corrected chi connectivity index (χ4v) is 2.49. The van der Waals surface area contributed by atoms with Gasteiger partial charge in [0.25, 0.3) is 0 Å². The standard InChI is InChI=1S/C17H18F3N5O/c1-8(2)10-4-5-11-7-12(26-13(11)6-10)9(3)22-16-24-14(17(18,19)20)23-15(21)25-16/h4-9H,1-3H3,(H3,21,22,23,24,25). The Morgan fingerprint density at radius 1 is 1.08 bits per heavy atom. The van der Waals surface area contributed by atoms with Crippen molar-refractivity contribution in [2.24, 2.45) is 0 Å². The maximum atomic E-state index is 12.8. The fourth-order valence-electron chi connectivity index (χ4n) is 2.49. The minimum Gasteiger partial charge on any atom is -0.459 e. The fraction of sp³-hybridized carbons (Fsp3) is 0.353. The van der Waals surface area contributed by atoms with Crippen LogP contribution in [0.2, 0.25) is 0 Å². The van der Waals surface area contributed by atoms with Crippen LogP contribution in [-0.2, 0) is 6.18 Å². The Morgan fingerprint density at radius 2 is 1.81 bits per heavy atom. The van der Waals surface area contributed by atoms with Crippen LogP contribution in [-0.4, -0.2) is 15.0 Å². The van der Waals surface area contributed by atoms with E-state index in [9.17, 15) is 13.2 Å². The lowest BCUT2D eigenvalue weighted by atomic mass is 10.0. The third-order valence-corrected chi connectivity index (χ3v) is 3.91. The number of benzene rings is 1. The molecule has 0 spiro atoms. The molecule has 138 valence electrons. The molecule has 0 bridgehead atoms. The molecule has 2 aromatic heterocycles. The summed E-state index contributed by atoms with van der Waals surface area (Å²) in [6.45, 7) is 5.89. The zero-order valence-corrected chi connectivity index (χ0v) is 14.4. The lowest BCUT2D eigenvalue weighted by molar-refractivity contribution is -0.144. The smallest absolute Gasteiger partial charge is 0.451 e. The summed E-state index contributed by atoms with van der Waals surface area (Å²) in [5.41, 5.74) is 7.20. The molecule has 0 saturated carbocycles. The highest BCUT2D eigenvalue weighted by Crippen LogP contribution is 2.30. The highest BCUT2D eigenvalue weighted by molar-refractivity contribution is 5.79. The normalized spacial score (nSPS) is 13.3. The number of halogens is 3. The van der Waals surface area contributed by atoms with Crippen LogP contribution in [0.25, 0.3) is 11.0 Å². The summed E-state index contributed by atoms with van der Waals surface area (Å²) in [5.74, 6) is -1.20. The summed E-state index contributed by atoms with van der Waals surface area (Å²) in [4.78, 5) is 10.2. The van der Waals surface area contributed by atoms with Crippen molar-refractivity contribution in [3.8, 4) is 0 Å². The zero-order valence-electron chi connectivity index (χ0n) is 14.4. The van der Waals surface area contributed by atoms with Gasteiger partial charge in [-0.2, -0.15) is 28.1 Å². The number of anilines is 2. The average molecular weight is 365 g/mol. The summed E-state index contributed by atoms with van der Waals surface area (Å²) in [6.07, 6.45) is -4.71. The van der Waals surface area contributed by atoms with Crippen LogP contribution in [0.3, 0.4) is 0 Å². The number of aromatic nitrogens is 3. The molecular formula is C17H18F3N5O. The van der Waals surface area contributed by atoms with E-state index in [1.165, 1.54) is 0 Å². The summed E-state index contributed by atoms with van der Waals surface area (Å²) in [6, 6.07) is 7.29. The van der Waals surface area contributed by atoms with Crippen LogP contribution in [0.15, 0.2) is 28.7 Å². The van der Waals surface area contributed by atoms with Crippen LogP contribution < -0.4 is 11.1 Å². The minimum absolute atomic E-state index is 0.263. The molecule has 1 atom stereocenters. The highest BCUT2D eigenvalue weighted by Gasteiger charge is 2.35. The first-order chi connectivity index (χ1) is 12.1. The zero-order chi connectivity index (χ0) is 19.1. The number of nitrogens with two attached hydrogens (primary N) is 1. The van der Waals surface area contributed by atoms with E-state index in [0.29, 0.717) is 17.3 Å². The van der Waals surface area contributed by atoms with E-state index in [1.807, 2.05) is 24.3 Å². The van der Waals surface area contributed by atoms with E-state index in [1.54, 1.807) is 6.92 Å². The van der Waals surface area contributed by atoms with Gasteiger partial charge in [0.05, 0.1) is 6.04 Å². The molecule has 0 fully saturated rings. The number of hydrogen-bond acceptors (Lipinski definition) is 6. The van der Waals surface area contributed by atoms with E-state index in [-0.39, 0.29) is 5.95 Å². The number of nitrogens with zero attached hydrogens (tertiary/aromatic N) is 3. The van der Waals surface area contributed by atoms with E-state index in [2.05, 4.69) is 34.1 Å². The number of furan rings is 1. The quantitative estimate of drug-likeness (QED) is 0.707. The minimum atomic E-state index is -4.71. The van der Waals surface area contributed by atoms with Crippen molar-refractivity contribution in [2.75, 3.05) is 11.1 Å². The van der Waals surface area contributed by atoms with Gasteiger partial charge in [-0.25, -0.2) is 0 Å². The number of alkyl halides is 3. The van der Waals surface area contributed by atoms with Gasteiger partial charge in [-0.05, 0) is 30.5 Å². The Balaban J connectivity index is 1.87. The molecule has 0 aliphatic heterocycles.